The zero-order valence-corrected chi connectivity index (χ0v) is 10.0. The minimum absolute atomic E-state index is 0.765. The molecule has 0 amide bonds. The molecule has 0 saturated heterocycles. The Kier molecular flexibility index (Phi) is 3.19. The zero-order valence-electron chi connectivity index (χ0n) is 10.0. The maximum Gasteiger partial charge on any atom is 0.121 e. The Bertz CT molecular complexity index is 506. The van der Waals surface area contributed by atoms with E-state index in [2.05, 4.69) is 11.4 Å². The number of nitrogens with two attached hydrogens (primary N) is 1. The molecule has 88 valence electrons. The van der Waals surface area contributed by atoms with Crippen LogP contribution in [0.4, 0.5) is 17.1 Å². The van der Waals surface area contributed by atoms with Crippen molar-refractivity contribution in [2.24, 2.45) is 0 Å². The third-order valence-corrected chi connectivity index (χ3v) is 2.59. The number of nitrogen functional groups attached to an aromatic ring is 1. The van der Waals surface area contributed by atoms with E-state index in [1.165, 1.54) is 0 Å². The minimum atomic E-state index is 0.765. The average Bonchev–Trinajstić information content (AvgIpc) is 2.32. The molecule has 0 unspecified atom stereocenters. The lowest BCUT2D eigenvalue weighted by atomic mass is 10.2. The zero-order chi connectivity index (χ0) is 12.3. The summed E-state index contributed by atoms with van der Waals surface area (Å²) in [5.74, 6) is 0.896. The Morgan fingerprint density at radius 2 is 1.65 bits per heavy atom. The van der Waals surface area contributed by atoms with Gasteiger partial charge in [-0.1, -0.05) is 0 Å². The van der Waals surface area contributed by atoms with Gasteiger partial charge in [0.05, 0.1) is 7.11 Å². The number of rotatable bonds is 3. The normalized spacial score (nSPS) is 10.0. The molecule has 2 rings (SSSR count). The predicted molar refractivity (Wildman–Crippen MR) is 71.9 cm³/mol. The molecule has 0 aliphatic rings. The molecule has 0 spiro atoms. The summed E-state index contributed by atoms with van der Waals surface area (Å²) in [6.45, 7) is 2.02. The molecule has 17 heavy (non-hydrogen) atoms. The molecular formula is C14H16N2O. The smallest absolute Gasteiger partial charge is 0.121 e. The lowest BCUT2D eigenvalue weighted by Gasteiger charge is -2.10. The van der Waals surface area contributed by atoms with Gasteiger partial charge in [-0.25, -0.2) is 0 Å². The van der Waals surface area contributed by atoms with Crippen LogP contribution in [-0.4, -0.2) is 7.11 Å². The van der Waals surface area contributed by atoms with E-state index in [0.29, 0.717) is 0 Å². The van der Waals surface area contributed by atoms with Gasteiger partial charge in [-0.3, -0.25) is 0 Å². The van der Waals surface area contributed by atoms with Crippen LogP contribution in [0.2, 0.25) is 0 Å². The predicted octanol–water partition coefficient (Wildman–Crippen LogP) is 3.33. The Labute approximate surface area is 101 Å². The summed E-state index contributed by atoms with van der Waals surface area (Å²) in [5.41, 5.74) is 9.56. The Morgan fingerprint density at radius 3 is 2.24 bits per heavy atom. The van der Waals surface area contributed by atoms with Gasteiger partial charge < -0.3 is 15.8 Å². The van der Waals surface area contributed by atoms with Gasteiger partial charge in [-0.15, -0.1) is 0 Å². The molecule has 2 aromatic rings. The highest BCUT2D eigenvalue weighted by Crippen LogP contribution is 2.24. The highest BCUT2D eigenvalue weighted by Gasteiger charge is 2.00. The highest BCUT2D eigenvalue weighted by molar-refractivity contribution is 5.63. The monoisotopic (exact) mass is 228 g/mol. The molecule has 3 nitrogen and oxygen atoms in total. The molecule has 3 N–H and O–H groups in total. The first-order valence-corrected chi connectivity index (χ1v) is 5.46. The van der Waals surface area contributed by atoms with E-state index in [0.717, 1.165) is 28.4 Å². The van der Waals surface area contributed by atoms with Crippen LogP contribution in [0.1, 0.15) is 5.56 Å². The number of anilines is 3. The van der Waals surface area contributed by atoms with Crippen molar-refractivity contribution >= 4 is 17.1 Å². The number of nitrogens with one attached hydrogen (secondary N) is 1. The van der Waals surface area contributed by atoms with Crippen LogP contribution in [0, 0.1) is 6.92 Å². The summed E-state index contributed by atoms with van der Waals surface area (Å²) < 4.78 is 5.22. The van der Waals surface area contributed by atoms with Crippen LogP contribution in [0.15, 0.2) is 42.5 Å². The maximum atomic E-state index is 5.64. The van der Waals surface area contributed by atoms with Gasteiger partial charge >= 0.3 is 0 Å². The molecular weight excluding hydrogens is 212 g/mol. The second kappa shape index (κ2) is 4.78. The quantitative estimate of drug-likeness (QED) is 0.792. The van der Waals surface area contributed by atoms with Crippen molar-refractivity contribution < 1.29 is 4.74 Å². The second-order valence-corrected chi connectivity index (χ2v) is 3.93. The van der Waals surface area contributed by atoms with E-state index in [1.54, 1.807) is 7.11 Å². The highest BCUT2D eigenvalue weighted by atomic mass is 16.5. The largest absolute Gasteiger partial charge is 0.496 e. The van der Waals surface area contributed by atoms with Gasteiger partial charge in [0.15, 0.2) is 0 Å². The fraction of sp³-hybridized carbons (Fsp3) is 0.143. The number of hydrogen-bond donors (Lipinski definition) is 2. The lowest BCUT2D eigenvalue weighted by molar-refractivity contribution is 0.412. The van der Waals surface area contributed by atoms with Crippen molar-refractivity contribution in [1.29, 1.82) is 0 Å². The molecule has 0 fully saturated rings. The van der Waals surface area contributed by atoms with E-state index in [4.69, 9.17) is 10.5 Å². The lowest BCUT2D eigenvalue weighted by Crippen LogP contribution is -1.93. The third-order valence-electron chi connectivity index (χ3n) is 2.59. The summed E-state index contributed by atoms with van der Waals surface area (Å²) in [6.07, 6.45) is 0. The summed E-state index contributed by atoms with van der Waals surface area (Å²) in [6, 6.07) is 13.6. The maximum absolute atomic E-state index is 5.64. The van der Waals surface area contributed by atoms with E-state index < -0.39 is 0 Å². The summed E-state index contributed by atoms with van der Waals surface area (Å²) in [7, 11) is 1.68. The van der Waals surface area contributed by atoms with Crippen molar-refractivity contribution in [2.45, 2.75) is 6.92 Å². The molecule has 3 heteroatoms. The van der Waals surface area contributed by atoms with Crippen molar-refractivity contribution in [3.63, 3.8) is 0 Å². The number of hydrogen-bond acceptors (Lipinski definition) is 3. The first-order chi connectivity index (χ1) is 8.19. The van der Waals surface area contributed by atoms with Crippen molar-refractivity contribution in [3.8, 4) is 5.75 Å². The topological polar surface area (TPSA) is 47.3 Å². The van der Waals surface area contributed by atoms with Crippen LogP contribution in [0.25, 0.3) is 0 Å². The van der Waals surface area contributed by atoms with Crippen molar-refractivity contribution in [1.82, 2.24) is 0 Å². The number of methoxy groups -OCH3 is 1. The fourth-order valence-corrected chi connectivity index (χ4v) is 1.69. The second-order valence-electron chi connectivity index (χ2n) is 3.93. The average molecular weight is 228 g/mol. The van der Waals surface area contributed by atoms with Gasteiger partial charge in [0.25, 0.3) is 0 Å². The molecule has 0 bridgehead atoms. The van der Waals surface area contributed by atoms with Crippen molar-refractivity contribution in [2.75, 3.05) is 18.2 Å². The minimum Gasteiger partial charge on any atom is -0.496 e. The van der Waals surface area contributed by atoms with Gasteiger partial charge in [-0.05, 0) is 55.0 Å². The van der Waals surface area contributed by atoms with Gasteiger partial charge in [-0.2, -0.15) is 0 Å². The summed E-state index contributed by atoms with van der Waals surface area (Å²) in [4.78, 5) is 0. The fourth-order valence-electron chi connectivity index (χ4n) is 1.69. The van der Waals surface area contributed by atoms with Crippen LogP contribution in [0.5, 0.6) is 5.75 Å². The molecule has 0 aliphatic carbocycles. The van der Waals surface area contributed by atoms with E-state index in [-0.39, 0.29) is 0 Å². The summed E-state index contributed by atoms with van der Waals surface area (Å²) in [5, 5.41) is 3.31. The summed E-state index contributed by atoms with van der Waals surface area (Å²) >= 11 is 0. The van der Waals surface area contributed by atoms with Gasteiger partial charge in [0.2, 0.25) is 0 Å². The first-order valence-electron chi connectivity index (χ1n) is 5.46. The van der Waals surface area contributed by atoms with E-state index in [1.807, 2.05) is 43.3 Å². The Morgan fingerprint density at radius 1 is 1.00 bits per heavy atom. The molecule has 0 radical (unpaired) electrons. The van der Waals surface area contributed by atoms with Crippen LogP contribution in [0.3, 0.4) is 0 Å². The Balaban J connectivity index is 2.19. The van der Waals surface area contributed by atoms with Crippen LogP contribution < -0.4 is 15.8 Å². The number of ether oxygens (including phenoxy) is 1. The molecule has 0 saturated carbocycles. The van der Waals surface area contributed by atoms with E-state index in [9.17, 15) is 0 Å². The molecule has 0 atom stereocenters. The third kappa shape index (κ3) is 2.69. The number of benzene rings is 2. The van der Waals surface area contributed by atoms with Crippen molar-refractivity contribution in [3.05, 3.63) is 48.0 Å². The molecule has 0 heterocycles. The molecule has 2 aromatic carbocycles. The standard InChI is InChI=1S/C14H16N2O/c1-10-9-13(7-8-14(10)17-2)16-12-5-3-11(15)4-6-12/h3-9,16H,15H2,1-2H3. The van der Waals surface area contributed by atoms with Gasteiger partial charge in [0.1, 0.15) is 5.75 Å². The van der Waals surface area contributed by atoms with Gasteiger partial charge in [0, 0.05) is 17.1 Å². The first kappa shape index (κ1) is 11.3. The van der Waals surface area contributed by atoms with Crippen LogP contribution >= 0.6 is 0 Å². The van der Waals surface area contributed by atoms with Crippen LogP contribution in [-0.2, 0) is 0 Å². The SMILES string of the molecule is COc1ccc(Nc2ccc(N)cc2)cc1C. The molecule has 0 aliphatic heterocycles. The molecule has 0 aromatic heterocycles. The number of aryl methyl sites for hydroxylation is 1. The van der Waals surface area contributed by atoms with E-state index >= 15 is 0 Å². The Hall–Kier alpha value is -2.16.